The van der Waals surface area contributed by atoms with Gasteiger partial charge in [-0.3, -0.25) is 14.5 Å². The molecule has 6 nitrogen and oxygen atoms in total. The number of nitrogens with one attached hydrogen (secondary N) is 2. The van der Waals surface area contributed by atoms with Crippen LogP contribution in [0.25, 0.3) is 0 Å². The van der Waals surface area contributed by atoms with Gasteiger partial charge in [-0.1, -0.05) is 43.3 Å². The number of nitrogens with zero attached hydrogens (tertiary/aromatic N) is 1. The number of ether oxygens (including phenoxy) is 1. The first-order valence-electron chi connectivity index (χ1n) is 9.50. The van der Waals surface area contributed by atoms with Gasteiger partial charge in [0.05, 0.1) is 25.9 Å². The predicted octanol–water partition coefficient (Wildman–Crippen LogP) is 2.97. The molecule has 0 fully saturated rings. The van der Waals surface area contributed by atoms with E-state index >= 15 is 0 Å². The molecule has 0 aliphatic rings. The van der Waals surface area contributed by atoms with Crippen molar-refractivity contribution in [1.82, 2.24) is 10.2 Å². The molecule has 0 spiro atoms. The van der Waals surface area contributed by atoms with Gasteiger partial charge in [0.25, 0.3) is 0 Å². The van der Waals surface area contributed by atoms with Crippen molar-refractivity contribution in [1.29, 1.82) is 0 Å². The van der Waals surface area contributed by atoms with Gasteiger partial charge in [0.2, 0.25) is 11.8 Å². The number of carbonyl (C=O) groups excluding carboxylic acids is 2. The smallest absolute Gasteiger partial charge is 0.238 e. The molecule has 2 rings (SSSR count). The number of aryl methyl sites for hydroxylation is 1. The molecule has 0 aromatic heterocycles. The summed E-state index contributed by atoms with van der Waals surface area (Å²) in [6.07, 6.45) is 0.854. The normalized spacial score (nSPS) is 10.6. The number of methoxy groups -OCH3 is 1. The molecule has 2 aromatic carbocycles. The Morgan fingerprint density at radius 3 is 2.39 bits per heavy atom. The maximum Gasteiger partial charge on any atom is 0.238 e. The van der Waals surface area contributed by atoms with Crippen LogP contribution in [0.5, 0.6) is 5.75 Å². The lowest BCUT2D eigenvalue weighted by atomic mass is 10.1. The Balaban J connectivity index is 1.88. The summed E-state index contributed by atoms with van der Waals surface area (Å²) >= 11 is 0. The fraction of sp³-hybridized carbons (Fsp3) is 0.364. The second kappa shape index (κ2) is 11.1. The highest BCUT2D eigenvalue weighted by atomic mass is 16.5. The topological polar surface area (TPSA) is 70.7 Å². The first-order chi connectivity index (χ1) is 13.5. The maximum absolute atomic E-state index is 12.4. The molecule has 0 saturated heterocycles. The standard InChI is InChI=1S/C22H29N3O3/c1-4-13-25(15-21(26)23-14-18-10-6-5-9-17(18)2)16-22(27)24-19-11-7-8-12-20(19)28-3/h5-12H,4,13-16H2,1-3H3,(H,23,26)(H,24,27). The van der Waals surface area contributed by atoms with E-state index in [0.717, 1.165) is 17.5 Å². The van der Waals surface area contributed by atoms with Crippen LogP contribution in [-0.2, 0) is 16.1 Å². The van der Waals surface area contributed by atoms with E-state index in [9.17, 15) is 9.59 Å². The largest absolute Gasteiger partial charge is 0.495 e. The molecular weight excluding hydrogens is 354 g/mol. The van der Waals surface area contributed by atoms with Crippen molar-refractivity contribution < 1.29 is 14.3 Å². The molecule has 0 bridgehead atoms. The molecule has 0 atom stereocenters. The first kappa shape index (κ1) is 21.4. The van der Waals surface area contributed by atoms with Gasteiger partial charge in [-0.25, -0.2) is 0 Å². The van der Waals surface area contributed by atoms with Crippen molar-refractivity contribution >= 4 is 17.5 Å². The molecule has 0 heterocycles. The van der Waals surface area contributed by atoms with Crippen LogP contribution in [-0.4, -0.2) is 43.5 Å². The van der Waals surface area contributed by atoms with E-state index in [2.05, 4.69) is 10.6 Å². The van der Waals surface area contributed by atoms with Gasteiger partial charge < -0.3 is 15.4 Å². The van der Waals surface area contributed by atoms with E-state index in [-0.39, 0.29) is 24.9 Å². The Morgan fingerprint density at radius 2 is 1.68 bits per heavy atom. The zero-order chi connectivity index (χ0) is 20.4. The molecule has 2 N–H and O–H groups in total. The van der Waals surface area contributed by atoms with Crippen LogP contribution < -0.4 is 15.4 Å². The minimum atomic E-state index is -0.176. The summed E-state index contributed by atoms with van der Waals surface area (Å²) in [5, 5.41) is 5.79. The van der Waals surface area contributed by atoms with E-state index < -0.39 is 0 Å². The van der Waals surface area contributed by atoms with Gasteiger partial charge in [-0.2, -0.15) is 0 Å². The minimum absolute atomic E-state index is 0.0956. The van der Waals surface area contributed by atoms with Crippen LogP contribution in [0.1, 0.15) is 24.5 Å². The molecular formula is C22H29N3O3. The number of benzene rings is 2. The van der Waals surface area contributed by atoms with E-state index in [4.69, 9.17) is 4.74 Å². The lowest BCUT2D eigenvalue weighted by Crippen LogP contribution is -2.41. The predicted molar refractivity (Wildman–Crippen MR) is 111 cm³/mol. The third-order valence-corrected chi connectivity index (χ3v) is 4.39. The molecule has 150 valence electrons. The van der Waals surface area contributed by atoms with Gasteiger partial charge in [-0.15, -0.1) is 0 Å². The number of anilines is 1. The number of para-hydroxylation sites is 2. The quantitative estimate of drug-likeness (QED) is 0.662. The van der Waals surface area contributed by atoms with Crippen LogP contribution in [0.15, 0.2) is 48.5 Å². The molecule has 2 amide bonds. The van der Waals surface area contributed by atoms with Crippen LogP contribution in [0, 0.1) is 6.92 Å². The summed E-state index contributed by atoms with van der Waals surface area (Å²) in [5.74, 6) is 0.334. The highest BCUT2D eigenvalue weighted by Gasteiger charge is 2.15. The van der Waals surface area contributed by atoms with Crippen molar-refractivity contribution in [2.45, 2.75) is 26.8 Å². The molecule has 0 saturated carbocycles. The number of rotatable bonds is 10. The Hall–Kier alpha value is -2.86. The van der Waals surface area contributed by atoms with Crippen LogP contribution >= 0.6 is 0 Å². The SMILES string of the molecule is CCCN(CC(=O)NCc1ccccc1C)CC(=O)Nc1ccccc1OC. The Morgan fingerprint density at radius 1 is 1.00 bits per heavy atom. The Bertz CT molecular complexity index is 792. The summed E-state index contributed by atoms with van der Waals surface area (Å²) < 4.78 is 5.25. The van der Waals surface area contributed by atoms with E-state index in [1.54, 1.807) is 19.2 Å². The maximum atomic E-state index is 12.4. The van der Waals surface area contributed by atoms with Gasteiger partial charge in [0.1, 0.15) is 5.75 Å². The summed E-state index contributed by atoms with van der Waals surface area (Å²) in [6, 6.07) is 15.2. The highest BCUT2D eigenvalue weighted by molar-refractivity contribution is 5.94. The lowest BCUT2D eigenvalue weighted by molar-refractivity contribution is -0.123. The number of hydrogen-bond acceptors (Lipinski definition) is 4. The summed E-state index contributed by atoms with van der Waals surface area (Å²) in [5.41, 5.74) is 2.85. The average Bonchev–Trinajstić information content (AvgIpc) is 2.68. The van der Waals surface area contributed by atoms with Crippen molar-refractivity contribution in [2.24, 2.45) is 0 Å². The fourth-order valence-electron chi connectivity index (χ4n) is 2.93. The van der Waals surface area contributed by atoms with Crippen molar-refractivity contribution in [2.75, 3.05) is 32.1 Å². The summed E-state index contributed by atoms with van der Waals surface area (Å²) in [7, 11) is 1.56. The molecule has 28 heavy (non-hydrogen) atoms. The van der Waals surface area contributed by atoms with E-state index in [1.807, 2.05) is 55.1 Å². The van der Waals surface area contributed by atoms with Crippen LogP contribution in [0.2, 0.25) is 0 Å². The van der Waals surface area contributed by atoms with Gasteiger partial charge in [-0.05, 0) is 43.1 Å². The second-order valence-corrected chi connectivity index (χ2v) is 6.66. The molecule has 2 aromatic rings. The monoisotopic (exact) mass is 383 g/mol. The lowest BCUT2D eigenvalue weighted by Gasteiger charge is -2.21. The zero-order valence-corrected chi connectivity index (χ0v) is 16.8. The van der Waals surface area contributed by atoms with Crippen LogP contribution in [0.4, 0.5) is 5.69 Å². The molecule has 0 radical (unpaired) electrons. The molecule has 6 heteroatoms. The Kier molecular flexibility index (Phi) is 8.49. The molecule has 0 unspecified atom stereocenters. The van der Waals surface area contributed by atoms with Gasteiger partial charge in [0.15, 0.2) is 0 Å². The summed E-state index contributed by atoms with van der Waals surface area (Å²) in [4.78, 5) is 26.6. The van der Waals surface area contributed by atoms with Crippen molar-refractivity contribution in [3.05, 3.63) is 59.7 Å². The fourth-order valence-corrected chi connectivity index (χ4v) is 2.93. The van der Waals surface area contributed by atoms with Crippen molar-refractivity contribution in [3.63, 3.8) is 0 Å². The van der Waals surface area contributed by atoms with Crippen LogP contribution in [0.3, 0.4) is 0 Å². The van der Waals surface area contributed by atoms with Crippen molar-refractivity contribution in [3.8, 4) is 5.75 Å². The molecule has 0 aliphatic heterocycles. The first-order valence-corrected chi connectivity index (χ1v) is 9.50. The van der Waals surface area contributed by atoms with Gasteiger partial charge in [0, 0.05) is 6.54 Å². The number of hydrogen-bond donors (Lipinski definition) is 2. The second-order valence-electron chi connectivity index (χ2n) is 6.66. The third kappa shape index (κ3) is 6.70. The zero-order valence-electron chi connectivity index (χ0n) is 16.8. The van der Waals surface area contributed by atoms with E-state index in [1.165, 1.54) is 0 Å². The average molecular weight is 383 g/mol. The highest BCUT2D eigenvalue weighted by Crippen LogP contribution is 2.22. The minimum Gasteiger partial charge on any atom is -0.495 e. The number of amides is 2. The Labute approximate surface area is 166 Å². The van der Waals surface area contributed by atoms with E-state index in [0.29, 0.717) is 24.5 Å². The molecule has 0 aliphatic carbocycles. The third-order valence-electron chi connectivity index (χ3n) is 4.39. The number of carbonyl (C=O) groups is 2. The van der Waals surface area contributed by atoms with Gasteiger partial charge >= 0.3 is 0 Å². The summed E-state index contributed by atoms with van der Waals surface area (Å²) in [6.45, 7) is 5.52.